The number of urea groups is 1. The molecule has 0 fully saturated rings. The van der Waals surface area contributed by atoms with Crippen molar-refractivity contribution < 1.29 is 23.8 Å². The summed E-state index contributed by atoms with van der Waals surface area (Å²) in [5.41, 5.74) is 1.55. The van der Waals surface area contributed by atoms with Gasteiger partial charge in [-0.15, -0.1) is 0 Å². The first-order chi connectivity index (χ1) is 16.5. The Morgan fingerprint density at radius 1 is 1.41 bits per heavy atom. The molecule has 0 saturated carbocycles. The molecule has 4 heterocycles. The van der Waals surface area contributed by atoms with E-state index in [0.29, 0.717) is 54.7 Å². The van der Waals surface area contributed by atoms with Gasteiger partial charge in [0.05, 0.1) is 48.7 Å². The van der Waals surface area contributed by atoms with Gasteiger partial charge in [0, 0.05) is 26.1 Å². The Balaban J connectivity index is 1.54. The number of aliphatic hydroxyl groups is 1. The van der Waals surface area contributed by atoms with Crippen molar-refractivity contribution in [2.45, 2.75) is 32.4 Å². The smallest absolute Gasteiger partial charge is 0.321 e. The van der Waals surface area contributed by atoms with Crippen molar-refractivity contribution in [2.24, 2.45) is 0 Å². The average molecular weight is 489 g/mol. The van der Waals surface area contributed by atoms with E-state index in [9.17, 15) is 4.79 Å². The average Bonchev–Trinajstić information content (AvgIpc) is 3.47. The zero-order valence-corrected chi connectivity index (χ0v) is 20.1. The number of amides is 2. The Morgan fingerprint density at radius 2 is 2.26 bits per heavy atom. The molecule has 34 heavy (non-hydrogen) atoms. The quantitative estimate of drug-likeness (QED) is 0.415. The van der Waals surface area contributed by atoms with Gasteiger partial charge in [-0.3, -0.25) is 5.32 Å². The molecule has 4 rings (SSSR count). The molecule has 182 valence electrons. The van der Waals surface area contributed by atoms with Crippen LogP contribution < -0.4 is 20.3 Å². The zero-order valence-electron chi connectivity index (χ0n) is 19.3. The number of nitrogens with zero attached hydrogens (tertiary/aromatic N) is 4. The van der Waals surface area contributed by atoms with E-state index in [-0.39, 0.29) is 18.7 Å². The van der Waals surface area contributed by atoms with Crippen molar-refractivity contribution in [2.75, 3.05) is 43.7 Å². The molecule has 0 aliphatic carbocycles. The second kappa shape index (κ2) is 10.8. The summed E-state index contributed by atoms with van der Waals surface area (Å²) in [6, 6.07) is 5.03. The first kappa shape index (κ1) is 23.9. The molecule has 3 aromatic rings. The summed E-state index contributed by atoms with van der Waals surface area (Å²) in [7, 11) is 1.64. The van der Waals surface area contributed by atoms with Crippen LogP contribution in [0.4, 0.5) is 15.9 Å². The molecule has 0 aromatic carbocycles. The Labute approximate surface area is 201 Å². The van der Waals surface area contributed by atoms with Gasteiger partial charge in [-0.2, -0.15) is 0 Å². The number of carbonyl (C=O) groups is 1. The maximum absolute atomic E-state index is 12.1. The molecule has 0 spiro atoms. The molecular weight excluding hydrogens is 460 g/mol. The van der Waals surface area contributed by atoms with Crippen molar-refractivity contribution in [3.05, 3.63) is 35.0 Å². The molecule has 0 saturated heterocycles. The topological polar surface area (TPSA) is 135 Å². The van der Waals surface area contributed by atoms with Crippen molar-refractivity contribution in [3.8, 4) is 17.3 Å². The minimum atomic E-state index is -0.410. The number of rotatable bonds is 9. The van der Waals surface area contributed by atoms with E-state index >= 15 is 0 Å². The van der Waals surface area contributed by atoms with Crippen LogP contribution in [0.3, 0.4) is 0 Å². The Bertz CT molecular complexity index is 1120. The molecule has 2 atom stereocenters. The number of anilines is 2. The van der Waals surface area contributed by atoms with Crippen LogP contribution in [0.2, 0.25) is 0 Å². The second-order valence-electron chi connectivity index (χ2n) is 7.73. The van der Waals surface area contributed by atoms with E-state index in [1.54, 1.807) is 26.3 Å². The molecule has 3 aromatic heterocycles. The van der Waals surface area contributed by atoms with Crippen LogP contribution >= 0.6 is 11.3 Å². The summed E-state index contributed by atoms with van der Waals surface area (Å²) in [6.07, 6.45) is 2.32. The standard InChI is InChI=1S/C22H28N6O5S/c1-4-32-18-7-5-6-14(25-18)17-10-23-22(33-17)28-9-8-15-19(16(28)12-31-3)34-21(26-15)27-20(30)24-13(2)11-29/h5-7,10,13,16,29H,4,8-9,11-12H2,1-3H3,(H2,24,26,27,30)/t13-,16+/m1/s1. The number of ether oxygens (including phenoxy) is 2. The summed E-state index contributed by atoms with van der Waals surface area (Å²) in [4.78, 5) is 28.7. The molecule has 0 bridgehead atoms. The molecule has 0 radical (unpaired) electrons. The lowest BCUT2D eigenvalue weighted by molar-refractivity contribution is 0.174. The zero-order chi connectivity index (χ0) is 24.1. The van der Waals surface area contributed by atoms with Crippen LogP contribution in [0.5, 0.6) is 5.88 Å². The summed E-state index contributed by atoms with van der Waals surface area (Å²) >= 11 is 1.39. The maximum atomic E-state index is 12.1. The first-order valence-corrected chi connectivity index (χ1v) is 11.8. The van der Waals surface area contributed by atoms with Crippen LogP contribution in [0.1, 0.15) is 30.5 Å². The van der Waals surface area contributed by atoms with Crippen molar-refractivity contribution in [3.63, 3.8) is 0 Å². The lowest BCUT2D eigenvalue weighted by atomic mass is 10.1. The number of pyridine rings is 1. The molecule has 1 aliphatic heterocycles. The second-order valence-corrected chi connectivity index (χ2v) is 8.76. The van der Waals surface area contributed by atoms with Gasteiger partial charge < -0.3 is 29.2 Å². The third kappa shape index (κ3) is 5.29. The predicted molar refractivity (Wildman–Crippen MR) is 127 cm³/mol. The van der Waals surface area contributed by atoms with Gasteiger partial charge in [-0.25, -0.2) is 19.7 Å². The molecular formula is C22H28N6O5S. The number of nitrogens with one attached hydrogen (secondary N) is 2. The van der Waals surface area contributed by atoms with Gasteiger partial charge >= 0.3 is 6.03 Å². The highest BCUT2D eigenvalue weighted by Gasteiger charge is 2.34. The number of methoxy groups -OCH3 is 1. The number of aromatic nitrogens is 3. The number of fused-ring (bicyclic) bond motifs is 1. The Morgan fingerprint density at radius 3 is 3.03 bits per heavy atom. The summed E-state index contributed by atoms with van der Waals surface area (Å²) < 4.78 is 17.1. The monoisotopic (exact) mass is 488 g/mol. The predicted octanol–water partition coefficient (Wildman–Crippen LogP) is 2.84. The highest BCUT2D eigenvalue weighted by atomic mass is 32.1. The first-order valence-electron chi connectivity index (χ1n) is 11.0. The number of oxazole rings is 1. The number of hydrogen-bond donors (Lipinski definition) is 3. The molecule has 2 amide bonds. The summed E-state index contributed by atoms with van der Waals surface area (Å²) in [5, 5.41) is 15.0. The lowest BCUT2D eigenvalue weighted by Gasteiger charge is -2.33. The SMILES string of the molecule is CCOc1cccc(-c2cnc(N3CCc4nc(NC(=O)N[C@H](C)CO)sc4[C@@H]3COC)o2)n1. The third-order valence-corrected chi connectivity index (χ3v) is 6.31. The normalized spacial score (nSPS) is 16.1. The van der Waals surface area contributed by atoms with Crippen molar-refractivity contribution >= 4 is 28.5 Å². The minimum absolute atomic E-state index is 0.143. The fourth-order valence-electron chi connectivity index (χ4n) is 3.63. The third-order valence-electron chi connectivity index (χ3n) is 5.20. The number of thiazole rings is 1. The van der Waals surface area contributed by atoms with Crippen molar-refractivity contribution in [1.82, 2.24) is 20.3 Å². The Kier molecular flexibility index (Phi) is 7.60. The van der Waals surface area contributed by atoms with Gasteiger partial charge in [0.15, 0.2) is 10.9 Å². The fraction of sp³-hybridized carbons (Fsp3) is 0.455. The summed E-state index contributed by atoms with van der Waals surface area (Å²) in [5.74, 6) is 1.07. The van der Waals surface area contributed by atoms with E-state index in [1.807, 2.05) is 24.0 Å². The van der Waals surface area contributed by atoms with Crippen molar-refractivity contribution in [1.29, 1.82) is 0 Å². The maximum Gasteiger partial charge on any atom is 0.321 e. The fourth-order valence-corrected chi connectivity index (χ4v) is 4.74. The van der Waals surface area contributed by atoms with E-state index in [0.717, 1.165) is 10.6 Å². The van der Waals surface area contributed by atoms with Gasteiger partial charge in [-0.05, 0) is 19.9 Å². The van der Waals surface area contributed by atoms with Crippen LogP contribution in [-0.4, -0.2) is 65.6 Å². The molecule has 3 N–H and O–H groups in total. The van der Waals surface area contributed by atoms with Crippen LogP contribution in [0.15, 0.2) is 28.8 Å². The number of hydrogen-bond acceptors (Lipinski definition) is 10. The lowest BCUT2D eigenvalue weighted by Crippen LogP contribution is -2.38. The molecule has 0 unspecified atom stereocenters. The molecule has 11 nitrogen and oxygen atoms in total. The van der Waals surface area contributed by atoms with Gasteiger partial charge in [-0.1, -0.05) is 17.4 Å². The van der Waals surface area contributed by atoms with Crippen LogP contribution in [0.25, 0.3) is 11.5 Å². The van der Waals surface area contributed by atoms with E-state index in [1.165, 1.54) is 11.3 Å². The molecule has 12 heteroatoms. The minimum Gasteiger partial charge on any atom is -0.478 e. The Hall–Kier alpha value is -3.22. The van der Waals surface area contributed by atoms with E-state index in [4.69, 9.17) is 19.0 Å². The highest BCUT2D eigenvalue weighted by molar-refractivity contribution is 7.16. The largest absolute Gasteiger partial charge is 0.478 e. The number of aliphatic hydroxyl groups excluding tert-OH is 1. The van der Waals surface area contributed by atoms with Crippen LogP contribution in [-0.2, 0) is 11.2 Å². The molecule has 1 aliphatic rings. The van der Waals surface area contributed by atoms with E-state index in [2.05, 4.69) is 25.6 Å². The van der Waals surface area contributed by atoms with Gasteiger partial charge in [0.2, 0.25) is 5.88 Å². The highest BCUT2D eigenvalue weighted by Crippen LogP contribution is 2.39. The van der Waals surface area contributed by atoms with Gasteiger partial charge in [0.25, 0.3) is 6.01 Å². The number of carbonyl (C=O) groups excluding carboxylic acids is 1. The summed E-state index contributed by atoms with van der Waals surface area (Å²) in [6.45, 7) is 5.04. The van der Waals surface area contributed by atoms with Gasteiger partial charge in [0.1, 0.15) is 5.69 Å². The van der Waals surface area contributed by atoms with E-state index < -0.39 is 6.03 Å². The van der Waals surface area contributed by atoms with Crippen LogP contribution in [0, 0.1) is 0 Å².